The lowest BCUT2D eigenvalue weighted by molar-refractivity contribution is 0.823. The Labute approximate surface area is 85.4 Å². The van der Waals surface area contributed by atoms with E-state index in [1.54, 1.807) is 6.20 Å². The van der Waals surface area contributed by atoms with E-state index in [0.717, 1.165) is 11.4 Å². The molecule has 1 aromatic heterocycles. The zero-order valence-corrected chi connectivity index (χ0v) is 8.78. The van der Waals surface area contributed by atoms with Crippen LogP contribution in [-0.4, -0.2) is 4.98 Å². The van der Waals surface area contributed by atoms with E-state index in [-0.39, 0.29) is 24.8 Å². The smallest absolute Gasteiger partial charge is 0.0501 e. The first-order valence-electron chi connectivity index (χ1n) is 3.41. The summed E-state index contributed by atoms with van der Waals surface area (Å²) >= 11 is 0. The van der Waals surface area contributed by atoms with E-state index in [0.29, 0.717) is 5.92 Å². The normalized spacial score (nSPS) is 8.58. The van der Waals surface area contributed by atoms with Gasteiger partial charge in [-0.15, -0.1) is 24.8 Å². The van der Waals surface area contributed by atoms with E-state index in [9.17, 15) is 0 Å². The van der Waals surface area contributed by atoms with Crippen molar-refractivity contribution < 1.29 is 0 Å². The molecule has 4 heteroatoms. The van der Waals surface area contributed by atoms with E-state index in [1.165, 1.54) is 0 Å². The molecule has 0 aliphatic rings. The molecule has 0 aromatic carbocycles. The average molecular weight is 209 g/mol. The Bertz CT molecular complexity index is 209. The Hall–Kier alpha value is -0.470. The van der Waals surface area contributed by atoms with Gasteiger partial charge in [-0.05, 0) is 18.1 Å². The van der Waals surface area contributed by atoms with Gasteiger partial charge in [0.1, 0.15) is 0 Å². The van der Waals surface area contributed by atoms with Crippen LogP contribution in [0.3, 0.4) is 0 Å². The van der Waals surface area contributed by atoms with Crippen molar-refractivity contribution in [2.24, 2.45) is 0 Å². The largest absolute Gasteiger partial charge is 0.397 e. The number of aromatic nitrogens is 1. The number of pyridine rings is 1. The topological polar surface area (TPSA) is 38.9 Å². The first-order chi connectivity index (χ1) is 4.70. The molecule has 0 aliphatic heterocycles. The fraction of sp³-hybridized carbons (Fsp3) is 0.375. The number of halogens is 2. The molecule has 1 rings (SSSR count). The second-order valence-electron chi connectivity index (χ2n) is 2.67. The molecule has 0 saturated carbocycles. The first kappa shape index (κ1) is 14.1. The van der Waals surface area contributed by atoms with Gasteiger partial charge in [-0.2, -0.15) is 0 Å². The number of nitrogens with zero attached hydrogens (tertiary/aromatic N) is 1. The quantitative estimate of drug-likeness (QED) is 0.772. The van der Waals surface area contributed by atoms with Gasteiger partial charge in [-0.1, -0.05) is 13.8 Å². The van der Waals surface area contributed by atoms with Crippen LogP contribution in [0.15, 0.2) is 18.3 Å². The maximum Gasteiger partial charge on any atom is 0.0501 e. The molecule has 0 atom stereocenters. The van der Waals surface area contributed by atoms with Crippen LogP contribution in [0.5, 0.6) is 0 Å². The summed E-state index contributed by atoms with van der Waals surface area (Å²) in [5.74, 6) is 0.487. The maximum atomic E-state index is 5.46. The predicted octanol–water partition coefficient (Wildman–Crippen LogP) is 2.63. The summed E-state index contributed by atoms with van der Waals surface area (Å²) in [6, 6.07) is 3.84. The number of hydrogen-bond acceptors (Lipinski definition) is 2. The molecule has 0 saturated heterocycles. The van der Waals surface area contributed by atoms with Gasteiger partial charge in [-0.25, -0.2) is 0 Å². The Morgan fingerprint density at radius 3 is 2.17 bits per heavy atom. The van der Waals surface area contributed by atoms with Crippen molar-refractivity contribution in [2.45, 2.75) is 19.8 Å². The summed E-state index contributed by atoms with van der Waals surface area (Å²) in [6.45, 7) is 4.22. The Morgan fingerprint density at radius 2 is 1.83 bits per heavy atom. The van der Waals surface area contributed by atoms with Gasteiger partial charge in [0.25, 0.3) is 0 Å². The zero-order valence-electron chi connectivity index (χ0n) is 7.15. The Balaban J connectivity index is 0. The number of hydrogen-bond donors (Lipinski definition) is 1. The lowest BCUT2D eigenvalue weighted by Gasteiger charge is -2.02. The second-order valence-corrected chi connectivity index (χ2v) is 2.67. The molecule has 0 amide bonds. The zero-order chi connectivity index (χ0) is 7.56. The molecule has 0 bridgehead atoms. The summed E-state index contributed by atoms with van der Waals surface area (Å²) in [7, 11) is 0. The number of rotatable bonds is 1. The van der Waals surface area contributed by atoms with E-state index >= 15 is 0 Å². The lowest BCUT2D eigenvalue weighted by atomic mass is 10.1. The van der Waals surface area contributed by atoms with Gasteiger partial charge >= 0.3 is 0 Å². The maximum absolute atomic E-state index is 5.46. The van der Waals surface area contributed by atoms with Crippen LogP contribution in [-0.2, 0) is 0 Å². The molecule has 0 aliphatic carbocycles. The third kappa shape index (κ3) is 3.79. The molecule has 2 nitrogen and oxygen atoms in total. The van der Waals surface area contributed by atoms with E-state index in [2.05, 4.69) is 18.8 Å². The molecule has 1 aromatic rings. The van der Waals surface area contributed by atoms with Crippen molar-refractivity contribution in [3.8, 4) is 0 Å². The number of nitrogen functional groups attached to an aromatic ring is 1. The third-order valence-corrected chi connectivity index (χ3v) is 1.40. The van der Waals surface area contributed by atoms with Crippen LogP contribution < -0.4 is 5.73 Å². The van der Waals surface area contributed by atoms with Gasteiger partial charge in [0.15, 0.2) is 0 Å². The van der Waals surface area contributed by atoms with Crippen molar-refractivity contribution in [1.29, 1.82) is 0 Å². The minimum absolute atomic E-state index is 0. The minimum Gasteiger partial charge on any atom is -0.397 e. The van der Waals surface area contributed by atoms with E-state index in [4.69, 9.17) is 5.73 Å². The average Bonchev–Trinajstić information content (AvgIpc) is 1.88. The monoisotopic (exact) mass is 208 g/mol. The van der Waals surface area contributed by atoms with Gasteiger partial charge < -0.3 is 5.73 Å². The van der Waals surface area contributed by atoms with Crippen LogP contribution in [0.4, 0.5) is 5.69 Å². The molecule has 1 heterocycles. The van der Waals surface area contributed by atoms with Crippen molar-refractivity contribution in [1.82, 2.24) is 4.98 Å². The SMILES string of the molecule is CC(C)c1ccc(N)cn1.Cl.Cl. The summed E-state index contributed by atoms with van der Waals surface area (Å²) < 4.78 is 0. The van der Waals surface area contributed by atoms with Crippen LogP contribution >= 0.6 is 24.8 Å². The molecule has 70 valence electrons. The molecule has 12 heavy (non-hydrogen) atoms. The highest BCUT2D eigenvalue weighted by molar-refractivity contribution is 5.85. The van der Waals surface area contributed by atoms with E-state index < -0.39 is 0 Å². The molecule has 0 unspecified atom stereocenters. The summed E-state index contributed by atoms with van der Waals surface area (Å²) in [5.41, 5.74) is 7.28. The van der Waals surface area contributed by atoms with Crippen molar-refractivity contribution >= 4 is 30.5 Å². The van der Waals surface area contributed by atoms with Crippen molar-refractivity contribution in [2.75, 3.05) is 5.73 Å². The summed E-state index contributed by atoms with van der Waals surface area (Å²) in [5, 5.41) is 0. The van der Waals surface area contributed by atoms with Crippen molar-refractivity contribution in [3.05, 3.63) is 24.0 Å². The summed E-state index contributed by atoms with van der Waals surface area (Å²) in [6.07, 6.45) is 1.69. The van der Waals surface area contributed by atoms with Crippen LogP contribution in [0.2, 0.25) is 0 Å². The highest BCUT2D eigenvalue weighted by Gasteiger charge is 1.97. The van der Waals surface area contributed by atoms with Crippen LogP contribution in [0.1, 0.15) is 25.5 Å². The van der Waals surface area contributed by atoms with Crippen molar-refractivity contribution in [3.63, 3.8) is 0 Å². The second kappa shape index (κ2) is 6.09. The fourth-order valence-corrected chi connectivity index (χ4v) is 0.758. The summed E-state index contributed by atoms with van der Waals surface area (Å²) in [4.78, 5) is 4.15. The Kier molecular flexibility index (Phi) is 7.15. The van der Waals surface area contributed by atoms with Gasteiger partial charge in [0.05, 0.1) is 11.9 Å². The molecular weight excluding hydrogens is 195 g/mol. The minimum atomic E-state index is 0. The van der Waals surface area contributed by atoms with E-state index in [1.807, 2.05) is 12.1 Å². The highest BCUT2D eigenvalue weighted by Crippen LogP contribution is 2.11. The third-order valence-electron chi connectivity index (χ3n) is 1.40. The standard InChI is InChI=1S/C8H12N2.2ClH/c1-6(2)8-4-3-7(9)5-10-8;;/h3-6H,9H2,1-2H3;2*1H. The highest BCUT2D eigenvalue weighted by atomic mass is 35.5. The fourth-order valence-electron chi connectivity index (χ4n) is 0.758. The molecule has 2 N–H and O–H groups in total. The number of anilines is 1. The van der Waals surface area contributed by atoms with Gasteiger partial charge in [0.2, 0.25) is 0 Å². The lowest BCUT2D eigenvalue weighted by Crippen LogP contribution is -1.93. The predicted molar refractivity (Wildman–Crippen MR) is 57.2 cm³/mol. The molecule has 0 fully saturated rings. The van der Waals surface area contributed by atoms with Gasteiger partial charge in [-0.3, -0.25) is 4.98 Å². The number of nitrogens with two attached hydrogens (primary N) is 1. The van der Waals surface area contributed by atoms with Gasteiger partial charge in [0, 0.05) is 5.69 Å². The Morgan fingerprint density at radius 1 is 1.25 bits per heavy atom. The van der Waals surface area contributed by atoms with Crippen LogP contribution in [0.25, 0.3) is 0 Å². The first-order valence-corrected chi connectivity index (χ1v) is 3.41. The molecule has 0 radical (unpaired) electrons. The molecular formula is C8H14Cl2N2. The molecule has 0 spiro atoms. The van der Waals surface area contributed by atoms with Crippen LogP contribution in [0, 0.1) is 0 Å².